The zero-order valence-electron chi connectivity index (χ0n) is 14.3. The number of hydrogen-bond acceptors (Lipinski definition) is 3. The van der Waals surface area contributed by atoms with Crippen molar-refractivity contribution in [3.05, 3.63) is 81.4 Å². The Morgan fingerprint density at radius 1 is 1.24 bits per heavy atom. The van der Waals surface area contributed by atoms with Gasteiger partial charge in [-0.1, -0.05) is 30.3 Å². The molecule has 0 aliphatic heterocycles. The van der Waals surface area contributed by atoms with Gasteiger partial charge in [-0.25, -0.2) is 4.98 Å². The van der Waals surface area contributed by atoms with E-state index < -0.39 is 0 Å². The van der Waals surface area contributed by atoms with Crippen molar-refractivity contribution in [1.29, 1.82) is 0 Å². The van der Waals surface area contributed by atoms with Crippen LogP contribution in [0, 0.1) is 6.92 Å². The molecular formula is C20H19N3O2. The summed E-state index contributed by atoms with van der Waals surface area (Å²) < 4.78 is 1.44. The molecule has 0 fully saturated rings. The Balaban J connectivity index is 1.73. The summed E-state index contributed by atoms with van der Waals surface area (Å²) in [7, 11) is 1.76. The molecule has 2 aromatic heterocycles. The molecule has 1 amide bonds. The van der Waals surface area contributed by atoms with Crippen LogP contribution in [0.3, 0.4) is 0 Å². The summed E-state index contributed by atoms with van der Waals surface area (Å²) in [6.45, 7) is 1.90. The Kier molecular flexibility index (Phi) is 3.64. The number of hydrogen-bond donors (Lipinski definition) is 0. The minimum Gasteiger partial charge on any atom is -0.334 e. The second-order valence-electron chi connectivity index (χ2n) is 6.58. The van der Waals surface area contributed by atoms with Crippen molar-refractivity contribution < 1.29 is 4.79 Å². The number of fused-ring (bicyclic) bond motifs is 2. The molecule has 1 aromatic carbocycles. The first-order valence-electron chi connectivity index (χ1n) is 8.39. The summed E-state index contributed by atoms with van der Waals surface area (Å²) >= 11 is 0. The van der Waals surface area contributed by atoms with Gasteiger partial charge in [0.05, 0.1) is 6.04 Å². The highest BCUT2D eigenvalue weighted by atomic mass is 16.2. The number of pyridine rings is 1. The van der Waals surface area contributed by atoms with E-state index in [9.17, 15) is 9.59 Å². The summed E-state index contributed by atoms with van der Waals surface area (Å²) in [5.74, 6) is -0.282. The Morgan fingerprint density at radius 2 is 2.04 bits per heavy atom. The smallest absolute Gasteiger partial charge is 0.270 e. The van der Waals surface area contributed by atoms with Crippen LogP contribution in [0.15, 0.2) is 53.6 Å². The molecule has 1 aliphatic rings. The van der Waals surface area contributed by atoms with Crippen molar-refractivity contribution in [3.63, 3.8) is 0 Å². The largest absolute Gasteiger partial charge is 0.334 e. The average Bonchev–Trinajstić information content (AvgIpc) is 3.05. The number of rotatable bonds is 2. The molecule has 126 valence electrons. The highest BCUT2D eigenvalue weighted by Crippen LogP contribution is 2.35. The van der Waals surface area contributed by atoms with Gasteiger partial charge in [0.1, 0.15) is 11.2 Å². The average molecular weight is 333 g/mol. The number of amides is 1. The summed E-state index contributed by atoms with van der Waals surface area (Å²) in [5.41, 5.74) is 3.71. The first-order valence-corrected chi connectivity index (χ1v) is 8.39. The first-order chi connectivity index (χ1) is 12.1. The Labute approximate surface area is 145 Å². The molecule has 5 heteroatoms. The van der Waals surface area contributed by atoms with E-state index in [2.05, 4.69) is 17.1 Å². The maximum atomic E-state index is 13.0. The monoisotopic (exact) mass is 333 g/mol. The molecule has 3 aromatic rings. The maximum absolute atomic E-state index is 13.0. The number of nitrogens with zero attached hydrogens (tertiary/aromatic N) is 3. The lowest BCUT2D eigenvalue weighted by Crippen LogP contribution is -2.35. The predicted octanol–water partition coefficient (Wildman–Crippen LogP) is 2.76. The molecule has 0 saturated heterocycles. The minimum absolute atomic E-state index is 0.00121. The molecule has 0 bridgehead atoms. The third-order valence-corrected chi connectivity index (χ3v) is 4.97. The topological polar surface area (TPSA) is 54.7 Å². The predicted molar refractivity (Wildman–Crippen MR) is 95.8 cm³/mol. The summed E-state index contributed by atoms with van der Waals surface area (Å²) in [5, 5.41) is 0. The van der Waals surface area contributed by atoms with E-state index >= 15 is 0 Å². The second-order valence-corrected chi connectivity index (χ2v) is 6.58. The first kappa shape index (κ1) is 15.6. The fourth-order valence-electron chi connectivity index (χ4n) is 3.60. The quantitative estimate of drug-likeness (QED) is 0.725. The van der Waals surface area contributed by atoms with Crippen LogP contribution < -0.4 is 5.56 Å². The second kappa shape index (κ2) is 5.84. The molecule has 25 heavy (non-hydrogen) atoms. The van der Waals surface area contributed by atoms with E-state index in [0.717, 1.165) is 18.4 Å². The van der Waals surface area contributed by atoms with Crippen LogP contribution in [-0.4, -0.2) is 27.2 Å². The van der Waals surface area contributed by atoms with Crippen molar-refractivity contribution in [2.45, 2.75) is 25.8 Å². The number of carbonyl (C=O) groups is 1. The van der Waals surface area contributed by atoms with Crippen molar-refractivity contribution in [2.75, 3.05) is 7.05 Å². The highest BCUT2D eigenvalue weighted by Gasteiger charge is 2.30. The fourth-order valence-corrected chi connectivity index (χ4v) is 3.60. The molecule has 0 saturated carbocycles. The van der Waals surface area contributed by atoms with Crippen LogP contribution in [0.25, 0.3) is 5.65 Å². The third kappa shape index (κ3) is 2.52. The van der Waals surface area contributed by atoms with E-state index in [1.807, 2.05) is 25.1 Å². The standard InChI is InChI=1S/C20H19N3O2/c1-13-7-10-18-21-11-16(20(25)23(18)12-13)19(24)22(2)17-9-8-14-5-3-4-6-15(14)17/h3-7,10-12,17H,8-9H2,1-2H3. The van der Waals surface area contributed by atoms with Crippen molar-refractivity contribution in [3.8, 4) is 0 Å². The molecule has 1 aliphatic carbocycles. The Morgan fingerprint density at radius 3 is 2.88 bits per heavy atom. The van der Waals surface area contributed by atoms with Crippen molar-refractivity contribution in [1.82, 2.24) is 14.3 Å². The van der Waals surface area contributed by atoms with Gasteiger partial charge in [-0.15, -0.1) is 0 Å². The van der Waals surface area contributed by atoms with Gasteiger partial charge in [0, 0.05) is 19.4 Å². The molecular weight excluding hydrogens is 314 g/mol. The van der Waals surface area contributed by atoms with Gasteiger partial charge in [-0.2, -0.15) is 0 Å². The van der Waals surface area contributed by atoms with Gasteiger partial charge in [0.25, 0.3) is 11.5 Å². The van der Waals surface area contributed by atoms with E-state index in [0.29, 0.717) is 5.65 Å². The minimum atomic E-state index is -0.322. The van der Waals surface area contributed by atoms with E-state index in [4.69, 9.17) is 0 Å². The number of carbonyl (C=O) groups excluding carboxylic acids is 1. The van der Waals surface area contributed by atoms with Gasteiger partial charge < -0.3 is 4.90 Å². The molecule has 0 radical (unpaired) electrons. The van der Waals surface area contributed by atoms with Gasteiger partial charge in [-0.3, -0.25) is 14.0 Å². The normalized spacial score (nSPS) is 16.0. The lowest BCUT2D eigenvalue weighted by Gasteiger charge is -2.25. The van der Waals surface area contributed by atoms with E-state index in [-0.39, 0.29) is 23.1 Å². The van der Waals surface area contributed by atoms with E-state index in [1.54, 1.807) is 24.2 Å². The SMILES string of the molecule is Cc1ccc2ncc(C(=O)N(C)C3CCc4ccccc43)c(=O)n2c1. The van der Waals surface area contributed by atoms with Crippen LogP contribution in [0.4, 0.5) is 0 Å². The molecule has 0 N–H and O–H groups in total. The van der Waals surface area contributed by atoms with Crippen LogP contribution in [-0.2, 0) is 6.42 Å². The molecule has 2 heterocycles. The molecule has 5 nitrogen and oxygen atoms in total. The Bertz CT molecular complexity index is 1040. The Hall–Kier alpha value is -2.95. The van der Waals surface area contributed by atoms with Crippen molar-refractivity contribution >= 4 is 11.6 Å². The number of benzene rings is 1. The van der Waals surface area contributed by atoms with Gasteiger partial charge in [-0.05, 0) is 42.5 Å². The molecule has 1 unspecified atom stereocenters. The fraction of sp³-hybridized carbons (Fsp3) is 0.250. The molecule has 0 spiro atoms. The zero-order valence-corrected chi connectivity index (χ0v) is 14.3. The van der Waals surface area contributed by atoms with Gasteiger partial charge in [0.2, 0.25) is 0 Å². The van der Waals surface area contributed by atoms with Gasteiger partial charge >= 0.3 is 0 Å². The maximum Gasteiger partial charge on any atom is 0.270 e. The molecule has 1 atom stereocenters. The van der Waals surface area contributed by atoms with Crippen molar-refractivity contribution in [2.24, 2.45) is 0 Å². The van der Waals surface area contributed by atoms with E-state index in [1.165, 1.54) is 21.7 Å². The summed E-state index contributed by atoms with van der Waals surface area (Å²) in [6.07, 6.45) is 4.94. The van der Waals surface area contributed by atoms with Crippen LogP contribution in [0.5, 0.6) is 0 Å². The molecule has 4 rings (SSSR count). The van der Waals surface area contributed by atoms with Crippen LogP contribution in [0.1, 0.15) is 39.5 Å². The lowest BCUT2D eigenvalue weighted by atomic mass is 10.1. The third-order valence-electron chi connectivity index (χ3n) is 4.97. The highest BCUT2D eigenvalue weighted by molar-refractivity contribution is 5.94. The number of aryl methyl sites for hydroxylation is 2. The summed E-state index contributed by atoms with van der Waals surface area (Å²) in [6, 6.07) is 11.8. The lowest BCUT2D eigenvalue weighted by molar-refractivity contribution is 0.0728. The zero-order chi connectivity index (χ0) is 17.6. The summed E-state index contributed by atoms with van der Waals surface area (Å²) in [4.78, 5) is 31.7. The number of aromatic nitrogens is 2. The van der Waals surface area contributed by atoms with Gasteiger partial charge in [0.15, 0.2) is 0 Å². The van der Waals surface area contributed by atoms with Crippen LogP contribution in [0.2, 0.25) is 0 Å². The van der Waals surface area contributed by atoms with Crippen LogP contribution >= 0.6 is 0 Å².